The Morgan fingerprint density at radius 3 is 2.20 bits per heavy atom. The van der Waals surface area contributed by atoms with Crippen molar-refractivity contribution in [3.05, 3.63) is 72.3 Å². The first-order chi connectivity index (χ1) is 9.65. The molecular weight excluding hydrogens is 252 g/mol. The number of esters is 1. The maximum atomic E-state index is 11.3. The van der Waals surface area contributed by atoms with Crippen molar-refractivity contribution in [2.24, 2.45) is 0 Å². The van der Waals surface area contributed by atoms with Gasteiger partial charge in [0.1, 0.15) is 18.1 Å². The fraction of sp³-hybridized carbons (Fsp3) is 0.118. The Hall–Kier alpha value is -2.55. The lowest BCUT2D eigenvalue weighted by Crippen LogP contribution is -2.04. The molecule has 0 aromatic heterocycles. The number of carbonyl (C=O) groups excluding carboxylic acids is 1. The van der Waals surface area contributed by atoms with E-state index >= 15 is 0 Å². The summed E-state index contributed by atoms with van der Waals surface area (Å²) in [5.74, 6) is 1.15. The van der Waals surface area contributed by atoms with Gasteiger partial charge in [0.15, 0.2) is 0 Å². The van der Waals surface area contributed by atoms with Gasteiger partial charge in [-0.3, -0.25) is 0 Å². The Balaban J connectivity index is 1.93. The molecule has 0 spiro atoms. The van der Waals surface area contributed by atoms with E-state index in [-0.39, 0.29) is 12.6 Å². The molecule has 0 fully saturated rings. The molecule has 0 bridgehead atoms. The fourth-order valence-corrected chi connectivity index (χ4v) is 1.55. The first-order valence-corrected chi connectivity index (χ1v) is 6.29. The van der Waals surface area contributed by atoms with Crippen molar-refractivity contribution in [1.82, 2.24) is 0 Å². The molecule has 0 aliphatic rings. The normalized spacial score (nSPS) is 9.85. The number of carbonyl (C=O) groups is 1. The molecule has 0 aliphatic carbocycles. The van der Waals surface area contributed by atoms with E-state index in [9.17, 15) is 4.79 Å². The van der Waals surface area contributed by atoms with E-state index in [0.29, 0.717) is 5.57 Å². The highest BCUT2D eigenvalue weighted by Crippen LogP contribution is 2.21. The van der Waals surface area contributed by atoms with Gasteiger partial charge in [-0.15, -0.1) is 0 Å². The van der Waals surface area contributed by atoms with Crippen LogP contribution in [0.15, 0.2) is 66.7 Å². The third-order valence-electron chi connectivity index (χ3n) is 2.62. The van der Waals surface area contributed by atoms with Crippen LogP contribution >= 0.6 is 0 Å². The summed E-state index contributed by atoms with van der Waals surface area (Å²) in [6.07, 6.45) is 0. The minimum Gasteiger partial charge on any atom is -0.457 e. The smallest absolute Gasteiger partial charge is 0.333 e. The van der Waals surface area contributed by atoms with Gasteiger partial charge in [-0.05, 0) is 36.8 Å². The molecule has 2 aromatic rings. The molecule has 102 valence electrons. The lowest BCUT2D eigenvalue weighted by atomic mass is 10.2. The summed E-state index contributed by atoms with van der Waals surface area (Å²) in [6.45, 7) is 5.39. The second-order valence-electron chi connectivity index (χ2n) is 4.42. The average Bonchev–Trinajstić information content (AvgIpc) is 2.47. The molecule has 0 aliphatic heterocycles. The molecule has 2 rings (SSSR count). The van der Waals surface area contributed by atoms with E-state index in [2.05, 4.69) is 6.58 Å². The first kappa shape index (κ1) is 13.9. The van der Waals surface area contributed by atoms with Gasteiger partial charge < -0.3 is 9.47 Å². The van der Waals surface area contributed by atoms with Crippen LogP contribution in [0.2, 0.25) is 0 Å². The molecule has 0 amide bonds. The van der Waals surface area contributed by atoms with Gasteiger partial charge in [-0.25, -0.2) is 4.79 Å². The zero-order valence-electron chi connectivity index (χ0n) is 11.3. The van der Waals surface area contributed by atoms with Crippen molar-refractivity contribution in [2.75, 3.05) is 0 Å². The Morgan fingerprint density at radius 2 is 1.60 bits per heavy atom. The molecule has 3 nitrogen and oxygen atoms in total. The van der Waals surface area contributed by atoms with Crippen LogP contribution in [0, 0.1) is 0 Å². The molecule has 0 atom stereocenters. The van der Waals surface area contributed by atoms with Crippen LogP contribution in [-0.4, -0.2) is 5.97 Å². The molecule has 0 saturated carbocycles. The third kappa shape index (κ3) is 3.99. The maximum Gasteiger partial charge on any atom is 0.333 e. The van der Waals surface area contributed by atoms with Gasteiger partial charge >= 0.3 is 5.97 Å². The maximum absolute atomic E-state index is 11.3. The van der Waals surface area contributed by atoms with Crippen molar-refractivity contribution >= 4 is 5.97 Å². The summed E-state index contributed by atoms with van der Waals surface area (Å²) >= 11 is 0. The van der Waals surface area contributed by atoms with Gasteiger partial charge in [0.05, 0.1) is 0 Å². The number of hydrogen-bond acceptors (Lipinski definition) is 3. The molecule has 0 unspecified atom stereocenters. The first-order valence-electron chi connectivity index (χ1n) is 6.29. The summed E-state index contributed by atoms with van der Waals surface area (Å²) in [5.41, 5.74) is 1.30. The summed E-state index contributed by atoms with van der Waals surface area (Å²) in [5, 5.41) is 0. The van der Waals surface area contributed by atoms with E-state index < -0.39 is 0 Å². The topological polar surface area (TPSA) is 35.5 Å². The van der Waals surface area contributed by atoms with Crippen molar-refractivity contribution in [3.63, 3.8) is 0 Å². The SMILES string of the molecule is C=C(C)C(=O)OCc1ccc(Oc2ccccc2)cc1. The van der Waals surface area contributed by atoms with Gasteiger partial charge in [0, 0.05) is 5.57 Å². The van der Waals surface area contributed by atoms with Crippen molar-refractivity contribution < 1.29 is 14.3 Å². The summed E-state index contributed by atoms with van der Waals surface area (Å²) in [7, 11) is 0. The predicted molar refractivity (Wildman–Crippen MR) is 77.6 cm³/mol. The Bertz CT molecular complexity index is 585. The molecule has 0 heterocycles. The van der Waals surface area contributed by atoms with E-state index in [4.69, 9.17) is 9.47 Å². The third-order valence-corrected chi connectivity index (χ3v) is 2.62. The van der Waals surface area contributed by atoms with Crippen LogP contribution in [0.1, 0.15) is 12.5 Å². The van der Waals surface area contributed by atoms with Gasteiger partial charge in [0.25, 0.3) is 0 Å². The van der Waals surface area contributed by atoms with Crippen LogP contribution in [0.25, 0.3) is 0 Å². The Labute approximate surface area is 118 Å². The molecule has 0 N–H and O–H groups in total. The van der Waals surface area contributed by atoms with E-state index in [0.717, 1.165) is 17.1 Å². The average molecular weight is 268 g/mol. The Morgan fingerprint density at radius 1 is 1.00 bits per heavy atom. The fourth-order valence-electron chi connectivity index (χ4n) is 1.55. The second-order valence-corrected chi connectivity index (χ2v) is 4.42. The zero-order chi connectivity index (χ0) is 14.4. The van der Waals surface area contributed by atoms with E-state index in [1.54, 1.807) is 6.92 Å². The largest absolute Gasteiger partial charge is 0.457 e. The van der Waals surface area contributed by atoms with Crippen LogP contribution < -0.4 is 4.74 Å². The number of hydrogen-bond donors (Lipinski definition) is 0. The Kier molecular flexibility index (Phi) is 4.56. The minimum atomic E-state index is -0.380. The zero-order valence-corrected chi connectivity index (χ0v) is 11.3. The molecule has 2 aromatic carbocycles. The van der Waals surface area contributed by atoms with E-state index in [1.807, 2.05) is 54.6 Å². The molecule has 20 heavy (non-hydrogen) atoms. The number of benzene rings is 2. The van der Waals surface area contributed by atoms with Crippen molar-refractivity contribution in [1.29, 1.82) is 0 Å². The predicted octanol–water partition coefficient (Wildman–Crippen LogP) is 4.10. The highest BCUT2D eigenvalue weighted by molar-refractivity contribution is 5.86. The minimum absolute atomic E-state index is 0.233. The highest BCUT2D eigenvalue weighted by atomic mass is 16.5. The van der Waals surface area contributed by atoms with Gasteiger partial charge in [-0.2, -0.15) is 0 Å². The number of rotatable bonds is 5. The van der Waals surface area contributed by atoms with Gasteiger partial charge in [-0.1, -0.05) is 36.9 Å². The summed E-state index contributed by atoms with van der Waals surface area (Å²) in [6, 6.07) is 17.0. The molecule has 0 saturated heterocycles. The highest BCUT2D eigenvalue weighted by Gasteiger charge is 2.04. The second kappa shape index (κ2) is 6.57. The van der Waals surface area contributed by atoms with Crippen molar-refractivity contribution in [2.45, 2.75) is 13.5 Å². The van der Waals surface area contributed by atoms with Crippen LogP contribution in [0.5, 0.6) is 11.5 Å². The van der Waals surface area contributed by atoms with Crippen molar-refractivity contribution in [3.8, 4) is 11.5 Å². The quantitative estimate of drug-likeness (QED) is 0.605. The number of ether oxygens (including phenoxy) is 2. The van der Waals surface area contributed by atoms with Crippen LogP contribution in [0.3, 0.4) is 0 Å². The lowest BCUT2D eigenvalue weighted by molar-refractivity contribution is -0.140. The molecule has 3 heteroatoms. The van der Waals surface area contributed by atoms with Crippen LogP contribution in [0.4, 0.5) is 0 Å². The summed E-state index contributed by atoms with van der Waals surface area (Å²) in [4.78, 5) is 11.3. The monoisotopic (exact) mass is 268 g/mol. The molecular formula is C17H16O3. The molecule has 0 radical (unpaired) electrons. The lowest BCUT2D eigenvalue weighted by Gasteiger charge is -2.07. The summed E-state index contributed by atoms with van der Waals surface area (Å²) < 4.78 is 10.7. The standard InChI is InChI=1S/C17H16O3/c1-13(2)17(18)19-12-14-8-10-16(11-9-14)20-15-6-4-3-5-7-15/h3-11H,1,12H2,2H3. The number of para-hydroxylation sites is 1. The van der Waals surface area contributed by atoms with E-state index in [1.165, 1.54) is 0 Å². The van der Waals surface area contributed by atoms with Gasteiger partial charge in [0.2, 0.25) is 0 Å². The van der Waals surface area contributed by atoms with Crippen LogP contribution in [-0.2, 0) is 16.1 Å².